The topological polar surface area (TPSA) is 49.3 Å². The summed E-state index contributed by atoms with van der Waals surface area (Å²) >= 11 is 5.47. The summed E-state index contributed by atoms with van der Waals surface area (Å²) in [5.41, 5.74) is 0.878. The largest absolute Gasteiger partial charge is 0.478 e. The van der Waals surface area contributed by atoms with E-state index in [4.69, 9.17) is 16.7 Å². The van der Waals surface area contributed by atoms with E-state index in [2.05, 4.69) is 5.32 Å². The summed E-state index contributed by atoms with van der Waals surface area (Å²) in [6.45, 7) is 0.561. The highest BCUT2D eigenvalue weighted by Crippen LogP contribution is 2.14. The van der Waals surface area contributed by atoms with Gasteiger partial charge in [0, 0.05) is 18.1 Å². The molecule has 0 unspecified atom stereocenters. The molecule has 0 saturated carbocycles. The molecule has 0 amide bonds. The third-order valence-corrected chi connectivity index (χ3v) is 1.76. The Balaban J connectivity index is 2.84. The molecular formula is C9H10ClNO2. The Bertz CT molecular complexity index is 301. The van der Waals surface area contributed by atoms with E-state index < -0.39 is 5.97 Å². The van der Waals surface area contributed by atoms with Gasteiger partial charge in [-0.25, -0.2) is 4.79 Å². The van der Waals surface area contributed by atoms with Gasteiger partial charge in [0.2, 0.25) is 0 Å². The fourth-order valence-electron chi connectivity index (χ4n) is 1.01. The number of rotatable bonds is 4. The smallest absolute Gasteiger partial charge is 0.337 e. The Kier molecular flexibility index (Phi) is 3.58. The number of hydrogen-bond acceptors (Lipinski definition) is 2. The van der Waals surface area contributed by atoms with Gasteiger partial charge < -0.3 is 10.4 Å². The van der Waals surface area contributed by atoms with Gasteiger partial charge in [0.05, 0.1) is 5.56 Å². The number of hydrogen-bond donors (Lipinski definition) is 2. The number of nitrogens with one attached hydrogen (secondary N) is 1. The molecule has 0 aliphatic rings. The van der Waals surface area contributed by atoms with Crippen molar-refractivity contribution in [2.75, 3.05) is 17.7 Å². The van der Waals surface area contributed by atoms with Crippen LogP contribution in [0.5, 0.6) is 0 Å². The van der Waals surface area contributed by atoms with Crippen LogP contribution in [0.4, 0.5) is 5.69 Å². The van der Waals surface area contributed by atoms with Crippen molar-refractivity contribution in [3.05, 3.63) is 29.8 Å². The minimum Gasteiger partial charge on any atom is -0.478 e. The maximum absolute atomic E-state index is 10.7. The Labute approximate surface area is 81.3 Å². The molecule has 1 rings (SSSR count). The van der Waals surface area contributed by atoms with Crippen LogP contribution in [0.15, 0.2) is 24.3 Å². The summed E-state index contributed by atoms with van der Waals surface area (Å²) in [6.07, 6.45) is 0. The number of carboxylic acids is 1. The Morgan fingerprint density at radius 1 is 1.46 bits per heavy atom. The maximum Gasteiger partial charge on any atom is 0.337 e. The fourth-order valence-corrected chi connectivity index (χ4v) is 1.10. The van der Waals surface area contributed by atoms with Gasteiger partial charge in [-0.3, -0.25) is 0 Å². The SMILES string of the molecule is O=C(O)c1ccccc1NCCCl. The number of benzene rings is 1. The van der Waals surface area contributed by atoms with E-state index in [-0.39, 0.29) is 5.56 Å². The number of alkyl halides is 1. The number of anilines is 1. The lowest BCUT2D eigenvalue weighted by molar-refractivity contribution is 0.0698. The summed E-state index contributed by atoms with van der Waals surface area (Å²) < 4.78 is 0. The van der Waals surface area contributed by atoms with Crippen molar-refractivity contribution < 1.29 is 9.90 Å². The van der Waals surface area contributed by atoms with Gasteiger partial charge in [-0.05, 0) is 12.1 Å². The lowest BCUT2D eigenvalue weighted by Crippen LogP contribution is -2.07. The average Bonchev–Trinajstić information content (AvgIpc) is 2.15. The third kappa shape index (κ3) is 2.63. The van der Waals surface area contributed by atoms with E-state index in [1.807, 2.05) is 0 Å². The first-order valence-electron chi connectivity index (χ1n) is 3.88. The summed E-state index contributed by atoms with van der Waals surface area (Å²) in [4.78, 5) is 10.7. The fraction of sp³-hybridized carbons (Fsp3) is 0.222. The van der Waals surface area contributed by atoms with Crippen molar-refractivity contribution in [2.45, 2.75) is 0 Å². The number of carboxylic acid groups (broad SMARTS) is 1. The van der Waals surface area contributed by atoms with Crippen LogP contribution >= 0.6 is 11.6 Å². The molecule has 4 heteroatoms. The van der Waals surface area contributed by atoms with Crippen LogP contribution in [-0.4, -0.2) is 23.5 Å². The van der Waals surface area contributed by atoms with Crippen molar-refractivity contribution in [3.8, 4) is 0 Å². The van der Waals surface area contributed by atoms with Crippen LogP contribution in [0.25, 0.3) is 0 Å². The molecule has 0 aliphatic carbocycles. The van der Waals surface area contributed by atoms with Gasteiger partial charge in [-0.15, -0.1) is 11.6 Å². The molecule has 13 heavy (non-hydrogen) atoms. The van der Waals surface area contributed by atoms with Crippen LogP contribution in [0.3, 0.4) is 0 Å². The molecule has 1 aromatic carbocycles. The van der Waals surface area contributed by atoms with E-state index in [1.165, 1.54) is 0 Å². The first kappa shape index (κ1) is 9.86. The van der Waals surface area contributed by atoms with Gasteiger partial charge in [-0.1, -0.05) is 12.1 Å². The van der Waals surface area contributed by atoms with Crippen molar-refractivity contribution in [2.24, 2.45) is 0 Å². The van der Waals surface area contributed by atoms with Crippen LogP contribution in [-0.2, 0) is 0 Å². The second-order valence-corrected chi connectivity index (χ2v) is 2.84. The van der Waals surface area contributed by atoms with E-state index in [9.17, 15) is 4.79 Å². The predicted octanol–water partition coefficient (Wildman–Crippen LogP) is 2.04. The zero-order valence-corrected chi connectivity index (χ0v) is 7.71. The van der Waals surface area contributed by atoms with Crippen molar-refractivity contribution >= 4 is 23.3 Å². The van der Waals surface area contributed by atoms with Crippen molar-refractivity contribution in [3.63, 3.8) is 0 Å². The summed E-state index contributed by atoms with van der Waals surface area (Å²) in [5.74, 6) is -0.480. The van der Waals surface area contributed by atoms with Crippen LogP contribution in [0.2, 0.25) is 0 Å². The van der Waals surface area contributed by atoms with Crippen LogP contribution < -0.4 is 5.32 Å². The average molecular weight is 200 g/mol. The zero-order valence-electron chi connectivity index (χ0n) is 6.96. The Morgan fingerprint density at radius 2 is 2.15 bits per heavy atom. The van der Waals surface area contributed by atoms with Gasteiger partial charge in [-0.2, -0.15) is 0 Å². The molecule has 2 N–H and O–H groups in total. The second-order valence-electron chi connectivity index (χ2n) is 2.47. The molecule has 3 nitrogen and oxygen atoms in total. The number of aromatic carboxylic acids is 1. The highest BCUT2D eigenvalue weighted by Gasteiger charge is 2.07. The highest BCUT2D eigenvalue weighted by molar-refractivity contribution is 6.18. The molecule has 0 aromatic heterocycles. The van der Waals surface area contributed by atoms with E-state index >= 15 is 0 Å². The van der Waals surface area contributed by atoms with E-state index in [0.717, 1.165) is 0 Å². The second kappa shape index (κ2) is 4.72. The molecule has 70 valence electrons. The highest BCUT2D eigenvalue weighted by atomic mass is 35.5. The molecular weight excluding hydrogens is 190 g/mol. The molecule has 0 heterocycles. The predicted molar refractivity (Wildman–Crippen MR) is 52.6 cm³/mol. The third-order valence-electron chi connectivity index (χ3n) is 1.57. The molecule has 0 bridgehead atoms. The molecule has 0 fully saturated rings. The van der Waals surface area contributed by atoms with Crippen LogP contribution in [0, 0.1) is 0 Å². The number of carbonyl (C=O) groups is 1. The lowest BCUT2D eigenvalue weighted by Gasteiger charge is -2.06. The molecule has 0 radical (unpaired) electrons. The first-order valence-corrected chi connectivity index (χ1v) is 4.41. The van der Waals surface area contributed by atoms with Gasteiger partial charge in [0.25, 0.3) is 0 Å². The van der Waals surface area contributed by atoms with Gasteiger partial charge in [0.1, 0.15) is 0 Å². The minimum atomic E-state index is -0.933. The van der Waals surface area contributed by atoms with Crippen molar-refractivity contribution in [1.82, 2.24) is 0 Å². The maximum atomic E-state index is 10.7. The molecule has 0 saturated heterocycles. The molecule has 0 spiro atoms. The molecule has 1 aromatic rings. The first-order chi connectivity index (χ1) is 6.25. The van der Waals surface area contributed by atoms with Gasteiger partial charge in [0.15, 0.2) is 0 Å². The monoisotopic (exact) mass is 199 g/mol. The normalized spacial score (nSPS) is 9.62. The Hall–Kier alpha value is -1.22. The summed E-state index contributed by atoms with van der Waals surface area (Å²) in [6, 6.07) is 6.74. The minimum absolute atomic E-state index is 0.271. The zero-order chi connectivity index (χ0) is 9.68. The quantitative estimate of drug-likeness (QED) is 0.730. The van der Waals surface area contributed by atoms with E-state index in [1.54, 1.807) is 24.3 Å². The summed E-state index contributed by atoms with van der Waals surface area (Å²) in [5, 5.41) is 11.7. The number of halogens is 1. The van der Waals surface area contributed by atoms with Crippen molar-refractivity contribution in [1.29, 1.82) is 0 Å². The summed E-state index contributed by atoms with van der Waals surface area (Å²) in [7, 11) is 0. The number of para-hydroxylation sites is 1. The standard InChI is InChI=1S/C9H10ClNO2/c10-5-6-11-8-4-2-1-3-7(8)9(12)13/h1-4,11H,5-6H2,(H,12,13). The lowest BCUT2D eigenvalue weighted by atomic mass is 10.2. The van der Waals surface area contributed by atoms with Gasteiger partial charge >= 0.3 is 5.97 Å². The molecule has 0 aliphatic heterocycles. The van der Waals surface area contributed by atoms with E-state index in [0.29, 0.717) is 18.1 Å². The van der Waals surface area contributed by atoms with Crippen LogP contribution in [0.1, 0.15) is 10.4 Å². The molecule has 0 atom stereocenters. The Morgan fingerprint density at radius 3 is 2.77 bits per heavy atom.